The van der Waals surface area contributed by atoms with Gasteiger partial charge in [0.05, 0.1) is 6.20 Å². The molecule has 0 aliphatic rings. The number of nitrogens with zero attached hydrogens (tertiary/aromatic N) is 1. The van der Waals surface area contributed by atoms with Crippen molar-refractivity contribution in [1.82, 2.24) is 4.98 Å². The molecule has 12 heavy (non-hydrogen) atoms. The first-order valence-electron chi connectivity index (χ1n) is 3.48. The lowest BCUT2D eigenvalue weighted by molar-refractivity contribution is 0.0502. The summed E-state index contributed by atoms with van der Waals surface area (Å²) in [6.07, 6.45) is 1.34. The summed E-state index contributed by atoms with van der Waals surface area (Å²) in [6.45, 7) is 1.89. The summed E-state index contributed by atoms with van der Waals surface area (Å²) in [4.78, 5) is 3.45. The molecule has 0 spiro atoms. The Morgan fingerprint density at radius 3 is 2.92 bits per heavy atom. The van der Waals surface area contributed by atoms with Gasteiger partial charge in [-0.15, -0.1) is 0 Å². The number of aryl methyl sites for hydroxylation is 1. The maximum atomic E-state index is 12.5. The van der Waals surface area contributed by atoms with E-state index in [4.69, 9.17) is 4.74 Å². The highest BCUT2D eigenvalue weighted by Gasteiger charge is 2.00. The van der Waals surface area contributed by atoms with Crippen molar-refractivity contribution < 1.29 is 13.9 Å². The number of ether oxygens (including phenoxy) is 2. The fourth-order valence-corrected chi connectivity index (χ4v) is 0.783. The lowest BCUT2D eigenvalue weighted by Gasteiger charge is -2.06. The van der Waals surface area contributed by atoms with E-state index in [9.17, 15) is 4.39 Å². The molecule has 66 valence electrons. The molecule has 0 saturated carbocycles. The standard InChI is InChI=1S/C8H10FNO2/c1-6-3-8(9)10-4-7(6)12-5-11-2/h3-4H,5H2,1-2H3. The van der Waals surface area contributed by atoms with E-state index in [2.05, 4.69) is 9.72 Å². The topological polar surface area (TPSA) is 31.4 Å². The summed E-state index contributed by atoms with van der Waals surface area (Å²) in [7, 11) is 1.52. The van der Waals surface area contributed by atoms with Crippen LogP contribution in [0.3, 0.4) is 0 Å². The predicted octanol–water partition coefficient (Wildman–Crippen LogP) is 1.51. The van der Waals surface area contributed by atoms with Crippen LogP contribution in [-0.4, -0.2) is 18.9 Å². The van der Waals surface area contributed by atoms with Gasteiger partial charge in [0.15, 0.2) is 6.79 Å². The van der Waals surface area contributed by atoms with Crippen LogP contribution in [0.2, 0.25) is 0 Å². The van der Waals surface area contributed by atoms with Gasteiger partial charge in [-0.3, -0.25) is 0 Å². The minimum atomic E-state index is -0.503. The Morgan fingerprint density at radius 1 is 1.58 bits per heavy atom. The van der Waals surface area contributed by atoms with Crippen LogP contribution >= 0.6 is 0 Å². The first-order chi connectivity index (χ1) is 5.74. The molecular weight excluding hydrogens is 161 g/mol. The Balaban J connectivity index is 2.72. The average molecular weight is 171 g/mol. The maximum Gasteiger partial charge on any atom is 0.213 e. The molecule has 0 aromatic carbocycles. The first kappa shape index (κ1) is 8.93. The number of halogens is 1. The number of hydrogen-bond acceptors (Lipinski definition) is 3. The van der Waals surface area contributed by atoms with E-state index in [1.165, 1.54) is 19.4 Å². The van der Waals surface area contributed by atoms with Gasteiger partial charge in [-0.05, 0) is 18.6 Å². The number of rotatable bonds is 3. The van der Waals surface area contributed by atoms with Gasteiger partial charge in [0, 0.05) is 7.11 Å². The van der Waals surface area contributed by atoms with Gasteiger partial charge in [0.1, 0.15) is 5.75 Å². The van der Waals surface area contributed by atoms with Crippen molar-refractivity contribution >= 4 is 0 Å². The molecule has 1 aromatic rings. The molecule has 1 rings (SSSR count). The predicted molar refractivity (Wildman–Crippen MR) is 41.4 cm³/mol. The molecule has 0 aliphatic heterocycles. The highest BCUT2D eigenvalue weighted by Crippen LogP contribution is 2.15. The Labute approximate surface area is 70.1 Å². The van der Waals surface area contributed by atoms with Crippen molar-refractivity contribution in [3.8, 4) is 5.75 Å². The quantitative estimate of drug-likeness (QED) is 0.510. The number of pyridine rings is 1. The molecule has 4 heteroatoms. The summed E-state index contributed by atoms with van der Waals surface area (Å²) >= 11 is 0. The number of hydrogen-bond donors (Lipinski definition) is 0. The zero-order valence-corrected chi connectivity index (χ0v) is 7.00. The van der Waals surface area contributed by atoms with Gasteiger partial charge >= 0.3 is 0 Å². The van der Waals surface area contributed by atoms with Gasteiger partial charge in [-0.1, -0.05) is 0 Å². The van der Waals surface area contributed by atoms with Gasteiger partial charge in [-0.2, -0.15) is 4.39 Å². The van der Waals surface area contributed by atoms with Crippen molar-refractivity contribution in [2.45, 2.75) is 6.92 Å². The molecule has 0 bridgehead atoms. The molecule has 0 atom stereocenters. The Morgan fingerprint density at radius 2 is 2.33 bits per heavy atom. The van der Waals surface area contributed by atoms with Crippen molar-refractivity contribution in [2.24, 2.45) is 0 Å². The van der Waals surface area contributed by atoms with Crippen molar-refractivity contribution in [3.63, 3.8) is 0 Å². The molecule has 1 heterocycles. The minimum Gasteiger partial charge on any atom is -0.466 e. The third kappa shape index (κ3) is 2.17. The molecular formula is C8H10FNO2. The Kier molecular flexibility index (Phi) is 2.99. The van der Waals surface area contributed by atoms with Crippen molar-refractivity contribution in [2.75, 3.05) is 13.9 Å². The van der Waals surface area contributed by atoms with Crippen LogP contribution in [0.15, 0.2) is 12.3 Å². The molecule has 0 radical (unpaired) electrons. The van der Waals surface area contributed by atoms with Gasteiger partial charge in [-0.25, -0.2) is 4.98 Å². The number of aromatic nitrogens is 1. The Bertz CT molecular complexity index is 265. The third-order valence-corrected chi connectivity index (χ3v) is 1.36. The van der Waals surface area contributed by atoms with Crippen LogP contribution in [0.25, 0.3) is 0 Å². The lowest BCUT2D eigenvalue weighted by Crippen LogP contribution is -2.01. The van der Waals surface area contributed by atoms with Crippen LogP contribution in [0, 0.1) is 12.9 Å². The zero-order chi connectivity index (χ0) is 8.97. The maximum absolute atomic E-state index is 12.5. The molecule has 0 N–H and O–H groups in total. The smallest absolute Gasteiger partial charge is 0.213 e. The largest absolute Gasteiger partial charge is 0.466 e. The normalized spacial score (nSPS) is 9.92. The second kappa shape index (κ2) is 4.01. The molecule has 0 amide bonds. The molecule has 0 aliphatic carbocycles. The van der Waals surface area contributed by atoms with E-state index in [1.807, 2.05) is 0 Å². The van der Waals surface area contributed by atoms with Crippen LogP contribution in [0.4, 0.5) is 4.39 Å². The summed E-state index contributed by atoms with van der Waals surface area (Å²) in [5.41, 5.74) is 0.708. The fourth-order valence-electron chi connectivity index (χ4n) is 0.783. The molecule has 0 fully saturated rings. The summed E-state index contributed by atoms with van der Waals surface area (Å²) in [5.74, 6) is 0.0375. The lowest BCUT2D eigenvalue weighted by atomic mass is 10.3. The van der Waals surface area contributed by atoms with Crippen LogP contribution in [0.5, 0.6) is 5.75 Å². The van der Waals surface area contributed by atoms with Crippen molar-refractivity contribution in [1.29, 1.82) is 0 Å². The second-order valence-electron chi connectivity index (χ2n) is 2.32. The van der Waals surface area contributed by atoms with E-state index in [1.54, 1.807) is 6.92 Å². The van der Waals surface area contributed by atoms with E-state index in [-0.39, 0.29) is 6.79 Å². The van der Waals surface area contributed by atoms with Crippen LogP contribution in [-0.2, 0) is 4.74 Å². The Hall–Kier alpha value is -1.16. The molecule has 3 nitrogen and oxygen atoms in total. The van der Waals surface area contributed by atoms with Crippen LogP contribution in [0.1, 0.15) is 5.56 Å². The highest BCUT2D eigenvalue weighted by molar-refractivity contribution is 5.28. The molecule has 1 aromatic heterocycles. The third-order valence-electron chi connectivity index (χ3n) is 1.36. The second-order valence-corrected chi connectivity index (χ2v) is 2.32. The SMILES string of the molecule is COCOc1cnc(F)cc1C. The molecule has 0 saturated heterocycles. The van der Waals surface area contributed by atoms with E-state index < -0.39 is 5.95 Å². The summed E-state index contributed by atoms with van der Waals surface area (Å²) in [5, 5.41) is 0. The monoisotopic (exact) mass is 171 g/mol. The zero-order valence-electron chi connectivity index (χ0n) is 7.00. The number of methoxy groups -OCH3 is 1. The van der Waals surface area contributed by atoms with E-state index in [0.717, 1.165) is 0 Å². The summed E-state index contributed by atoms with van der Waals surface area (Å²) in [6, 6.07) is 1.31. The minimum absolute atomic E-state index is 0.147. The van der Waals surface area contributed by atoms with Crippen molar-refractivity contribution in [3.05, 3.63) is 23.8 Å². The van der Waals surface area contributed by atoms with Gasteiger partial charge in [0.25, 0.3) is 0 Å². The van der Waals surface area contributed by atoms with Gasteiger partial charge < -0.3 is 9.47 Å². The molecule has 0 unspecified atom stereocenters. The average Bonchev–Trinajstić information content (AvgIpc) is 2.03. The van der Waals surface area contributed by atoms with E-state index >= 15 is 0 Å². The van der Waals surface area contributed by atoms with Gasteiger partial charge in [0.2, 0.25) is 5.95 Å². The van der Waals surface area contributed by atoms with Crippen LogP contribution < -0.4 is 4.74 Å². The summed E-state index contributed by atoms with van der Waals surface area (Å²) < 4.78 is 22.2. The fraction of sp³-hybridized carbons (Fsp3) is 0.375. The highest BCUT2D eigenvalue weighted by atomic mass is 19.1. The van der Waals surface area contributed by atoms with E-state index in [0.29, 0.717) is 11.3 Å². The first-order valence-corrected chi connectivity index (χ1v) is 3.48.